The van der Waals surface area contributed by atoms with Crippen LogP contribution in [0.1, 0.15) is 17.5 Å². The van der Waals surface area contributed by atoms with Crippen LogP contribution in [0.25, 0.3) is 0 Å². The summed E-state index contributed by atoms with van der Waals surface area (Å²) in [7, 11) is 0. The molecule has 1 aromatic rings. The SMILES string of the molecule is Cc1cccc(O[C@@H]2CNCC[C@H]2O)c1C. The van der Waals surface area contributed by atoms with E-state index in [9.17, 15) is 5.11 Å². The van der Waals surface area contributed by atoms with Crippen LogP contribution in [0.2, 0.25) is 0 Å². The van der Waals surface area contributed by atoms with E-state index >= 15 is 0 Å². The summed E-state index contributed by atoms with van der Waals surface area (Å²) in [6, 6.07) is 6.02. The lowest BCUT2D eigenvalue weighted by Crippen LogP contribution is -2.47. The van der Waals surface area contributed by atoms with Gasteiger partial charge in [0, 0.05) is 6.54 Å². The molecule has 0 spiro atoms. The van der Waals surface area contributed by atoms with Gasteiger partial charge in [-0.25, -0.2) is 0 Å². The second-order valence-electron chi connectivity index (χ2n) is 4.41. The highest BCUT2D eigenvalue weighted by molar-refractivity contribution is 5.38. The number of aryl methyl sites for hydroxylation is 1. The third kappa shape index (κ3) is 2.36. The Hall–Kier alpha value is -1.06. The number of benzene rings is 1. The maximum atomic E-state index is 9.83. The average Bonchev–Trinajstić information content (AvgIpc) is 2.28. The largest absolute Gasteiger partial charge is 0.486 e. The Morgan fingerprint density at radius 3 is 2.94 bits per heavy atom. The minimum absolute atomic E-state index is 0.130. The first kappa shape index (κ1) is 11.4. The van der Waals surface area contributed by atoms with Gasteiger partial charge in [-0.15, -0.1) is 0 Å². The standard InChI is InChI=1S/C13H19NO2/c1-9-4-3-5-12(10(9)2)16-13-8-14-7-6-11(13)15/h3-5,11,13-15H,6-8H2,1-2H3/t11-,13-/m1/s1. The van der Waals surface area contributed by atoms with Crippen molar-refractivity contribution in [1.29, 1.82) is 0 Å². The van der Waals surface area contributed by atoms with Crippen molar-refractivity contribution in [2.24, 2.45) is 0 Å². The van der Waals surface area contributed by atoms with Gasteiger partial charge >= 0.3 is 0 Å². The lowest BCUT2D eigenvalue weighted by atomic mass is 10.1. The molecule has 0 radical (unpaired) electrons. The quantitative estimate of drug-likeness (QED) is 0.793. The summed E-state index contributed by atoms with van der Waals surface area (Å²) in [6.07, 6.45) is 0.269. The van der Waals surface area contributed by atoms with E-state index in [1.807, 2.05) is 19.1 Å². The molecular formula is C13H19NO2. The molecule has 0 amide bonds. The van der Waals surface area contributed by atoms with E-state index in [0.29, 0.717) is 6.54 Å². The normalized spacial score (nSPS) is 25.4. The number of aliphatic hydroxyl groups is 1. The minimum Gasteiger partial charge on any atom is -0.486 e. The molecule has 0 saturated carbocycles. The molecule has 16 heavy (non-hydrogen) atoms. The van der Waals surface area contributed by atoms with Gasteiger partial charge in [0.15, 0.2) is 0 Å². The molecule has 0 aliphatic carbocycles. The molecule has 1 aliphatic heterocycles. The first-order chi connectivity index (χ1) is 7.68. The molecule has 1 heterocycles. The second-order valence-corrected chi connectivity index (χ2v) is 4.41. The summed E-state index contributed by atoms with van der Waals surface area (Å²) < 4.78 is 5.87. The van der Waals surface area contributed by atoms with Gasteiger partial charge in [0.2, 0.25) is 0 Å². The zero-order valence-electron chi connectivity index (χ0n) is 9.86. The highest BCUT2D eigenvalue weighted by Gasteiger charge is 2.24. The van der Waals surface area contributed by atoms with Crippen molar-refractivity contribution in [3.8, 4) is 5.75 Å². The first-order valence-corrected chi connectivity index (χ1v) is 5.80. The lowest BCUT2D eigenvalue weighted by molar-refractivity contribution is 0.0154. The summed E-state index contributed by atoms with van der Waals surface area (Å²) in [5.41, 5.74) is 2.37. The Morgan fingerprint density at radius 2 is 2.19 bits per heavy atom. The van der Waals surface area contributed by atoms with Gasteiger partial charge in [-0.2, -0.15) is 0 Å². The summed E-state index contributed by atoms with van der Waals surface area (Å²) in [6.45, 7) is 5.70. The Kier molecular flexibility index (Phi) is 3.46. The van der Waals surface area contributed by atoms with Gasteiger partial charge in [-0.3, -0.25) is 0 Å². The molecule has 0 unspecified atom stereocenters. The van der Waals surface area contributed by atoms with Gasteiger partial charge in [0.05, 0.1) is 6.10 Å². The average molecular weight is 221 g/mol. The van der Waals surface area contributed by atoms with Crippen molar-refractivity contribution in [3.63, 3.8) is 0 Å². The van der Waals surface area contributed by atoms with Crippen molar-refractivity contribution >= 4 is 0 Å². The highest BCUT2D eigenvalue weighted by atomic mass is 16.5. The van der Waals surface area contributed by atoms with E-state index in [2.05, 4.69) is 18.3 Å². The fourth-order valence-corrected chi connectivity index (χ4v) is 1.95. The molecule has 0 bridgehead atoms. The van der Waals surface area contributed by atoms with Crippen LogP contribution in [0.15, 0.2) is 18.2 Å². The summed E-state index contributed by atoms with van der Waals surface area (Å²) in [5, 5.41) is 13.1. The predicted molar refractivity (Wildman–Crippen MR) is 63.8 cm³/mol. The van der Waals surface area contributed by atoms with E-state index < -0.39 is 0 Å². The third-order valence-corrected chi connectivity index (χ3v) is 3.22. The van der Waals surface area contributed by atoms with Crippen LogP contribution in [-0.2, 0) is 0 Å². The van der Waals surface area contributed by atoms with Gasteiger partial charge < -0.3 is 15.2 Å². The maximum Gasteiger partial charge on any atom is 0.137 e. The van der Waals surface area contributed by atoms with Crippen molar-refractivity contribution in [2.75, 3.05) is 13.1 Å². The topological polar surface area (TPSA) is 41.5 Å². The number of ether oxygens (including phenoxy) is 1. The number of aliphatic hydroxyl groups excluding tert-OH is 1. The third-order valence-electron chi connectivity index (χ3n) is 3.22. The molecule has 2 atom stereocenters. The van der Waals surface area contributed by atoms with Gasteiger partial charge in [-0.1, -0.05) is 12.1 Å². The predicted octanol–water partition coefficient (Wildman–Crippen LogP) is 1.41. The van der Waals surface area contributed by atoms with Crippen LogP contribution in [0.5, 0.6) is 5.75 Å². The Labute approximate surface area is 96.4 Å². The molecule has 0 aromatic heterocycles. The molecule has 88 valence electrons. The monoisotopic (exact) mass is 221 g/mol. The van der Waals surface area contributed by atoms with Crippen LogP contribution < -0.4 is 10.1 Å². The zero-order chi connectivity index (χ0) is 11.5. The number of nitrogens with one attached hydrogen (secondary N) is 1. The fraction of sp³-hybridized carbons (Fsp3) is 0.538. The Balaban J connectivity index is 2.10. The molecule has 2 N–H and O–H groups in total. The van der Waals surface area contributed by atoms with Crippen LogP contribution >= 0.6 is 0 Å². The summed E-state index contributed by atoms with van der Waals surface area (Å²) in [5.74, 6) is 0.882. The Bertz CT molecular complexity index is 365. The van der Waals surface area contributed by atoms with Gasteiger partial charge in [0.25, 0.3) is 0 Å². The van der Waals surface area contributed by atoms with E-state index in [0.717, 1.165) is 24.3 Å². The molecular weight excluding hydrogens is 202 g/mol. The molecule has 1 aliphatic rings. The first-order valence-electron chi connectivity index (χ1n) is 5.80. The van der Waals surface area contributed by atoms with E-state index in [1.165, 1.54) is 5.56 Å². The molecule has 1 saturated heterocycles. The van der Waals surface area contributed by atoms with Crippen LogP contribution in [0.4, 0.5) is 0 Å². The van der Waals surface area contributed by atoms with Crippen molar-refractivity contribution in [2.45, 2.75) is 32.5 Å². The zero-order valence-corrected chi connectivity index (χ0v) is 9.86. The van der Waals surface area contributed by atoms with Crippen LogP contribution in [0.3, 0.4) is 0 Å². The lowest BCUT2D eigenvalue weighted by Gasteiger charge is -2.29. The molecule has 3 heteroatoms. The minimum atomic E-state index is -0.360. The van der Waals surface area contributed by atoms with Crippen LogP contribution in [-0.4, -0.2) is 30.4 Å². The molecule has 1 aromatic carbocycles. The van der Waals surface area contributed by atoms with E-state index in [4.69, 9.17) is 4.74 Å². The van der Waals surface area contributed by atoms with Crippen molar-refractivity contribution < 1.29 is 9.84 Å². The second kappa shape index (κ2) is 4.85. The Morgan fingerprint density at radius 1 is 1.38 bits per heavy atom. The number of rotatable bonds is 2. The summed E-state index contributed by atoms with van der Waals surface area (Å²) in [4.78, 5) is 0. The number of piperidine rings is 1. The summed E-state index contributed by atoms with van der Waals surface area (Å²) >= 11 is 0. The maximum absolute atomic E-state index is 9.83. The van der Waals surface area contributed by atoms with Gasteiger partial charge in [0.1, 0.15) is 11.9 Å². The van der Waals surface area contributed by atoms with Gasteiger partial charge in [-0.05, 0) is 44.0 Å². The van der Waals surface area contributed by atoms with E-state index in [1.54, 1.807) is 0 Å². The molecule has 2 rings (SSSR count). The fourth-order valence-electron chi connectivity index (χ4n) is 1.95. The molecule has 3 nitrogen and oxygen atoms in total. The molecule has 1 fully saturated rings. The van der Waals surface area contributed by atoms with E-state index in [-0.39, 0.29) is 12.2 Å². The van der Waals surface area contributed by atoms with Crippen molar-refractivity contribution in [3.05, 3.63) is 29.3 Å². The van der Waals surface area contributed by atoms with Crippen LogP contribution in [0, 0.1) is 13.8 Å². The number of hydrogen-bond acceptors (Lipinski definition) is 3. The number of hydrogen-bond donors (Lipinski definition) is 2. The highest BCUT2D eigenvalue weighted by Crippen LogP contribution is 2.23. The van der Waals surface area contributed by atoms with Crippen molar-refractivity contribution in [1.82, 2.24) is 5.32 Å². The smallest absolute Gasteiger partial charge is 0.137 e.